The molecule has 1 rings (SSSR count). The molecule has 82 valence electrons. The van der Waals surface area contributed by atoms with Crippen molar-refractivity contribution >= 4 is 5.78 Å². The predicted octanol–water partition coefficient (Wildman–Crippen LogP) is 2.23. The van der Waals surface area contributed by atoms with E-state index in [-0.39, 0.29) is 5.75 Å². The van der Waals surface area contributed by atoms with Gasteiger partial charge in [-0.05, 0) is 13.0 Å². The number of aromatic nitrogens is 1. The number of hydrogen-bond donors (Lipinski definition) is 0. The van der Waals surface area contributed by atoms with Gasteiger partial charge in [-0.15, -0.1) is 0 Å². The summed E-state index contributed by atoms with van der Waals surface area (Å²) in [5, 5.41) is 0. The van der Waals surface area contributed by atoms with Crippen LogP contribution in [0.25, 0.3) is 0 Å². The highest BCUT2D eigenvalue weighted by Crippen LogP contribution is 2.22. The maximum absolute atomic E-state index is 12.0. The summed E-state index contributed by atoms with van der Waals surface area (Å²) in [6, 6.07) is 1.02. The molecule has 0 aliphatic heterocycles. The fourth-order valence-electron chi connectivity index (χ4n) is 0.952. The summed E-state index contributed by atoms with van der Waals surface area (Å²) in [4.78, 5) is 14.3. The van der Waals surface area contributed by atoms with E-state index in [1.54, 1.807) is 6.92 Å². The second-order valence-electron chi connectivity index (χ2n) is 2.67. The van der Waals surface area contributed by atoms with Gasteiger partial charge in [0.25, 0.3) is 5.78 Å². The van der Waals surface area contributed by atoms with Crippen LogP contribution in [0.2, 0.25) is 0 Å². The standard InChI is InChI=1S/C9H8F3NO2/c1-2-15-7-3-6(4-13-5-7)8(14)9(10,11)12/h3-5H,2H2,1H3. The number of rotatable bonds is 3. The van der Waals surface area contributed by atoms with Crippen molar-refractivity contribution in [3.8, 4) is 5.75 Å². The zero-order valence-corrected chi connectivity index (χ0v) is 7.84. The van der Waals surface area contributed by atoms with Gasteiger partial charge in [0.1, 0.15) is 5.75 Å². The minimum absolute atomic E-state index is 0.146. The summed E-state index contributed by atoms with van der Waals surface area (Å²) in [7, 11) is 0. The van der Waals surface area contributed by atoms with Gasteiger partial charge in [0.15, 0.2) is 0 Å². The lowest BCUT2D eigenvalue weighted by atomic mass is 10.2. The van der Waals surface area contributed by atoms with Crippen LogP contribution < -0.4 is 4.74 Å². The minimum atomic E-state index is -4.88. The van der Waals surface area contributed by atoms with Crippen molar-refractivity contribution in [1.29, 1.82) is 0 Å². The highest BCUT2D eigenvalue weighted by molar-refractivity contribution is 6.00. The van der Waals surface area contributed by atoms with Gasteiger partial charge in [0.05, 0.1) is 12.8 Å². The molecule has 1 heterocycles. The van der Waals surface area contributed by atoms with Gasteiger partial charge in [0, 0.05) is 11.8 Å². The molecule has 0 amide bonds. The molecule has 1 aromatic rings. The molecule has 0 radical (unpaired) electrons. The monoisotopic (exact) mass is 219 g/mol. The molecule has 0 aliphatic rings. The Morgan fingerprint density at radius 1 is 1.47 bits per heavy atom. The molecule has 1 aromatic heterocycles. The molecule has 0 aliphatic carbocycles. The van der Waals surface area contributed by atoms with Crippen LogP contribution in [-0.2, 0) is 0 Å². The third-order valence-corrected chi connectivity index (χ3v) is 1.54. The zero-order valence-electron chi connectivity index (χ0n) is 7.84. The molecule has 0 atom stereocenters. The number of Topliss-reactive ketones (excluding diaryl/α,β-unsaturated/α-hetero) is 1. The van der Waals surface area contributed by atoms with E-state index in [0.717, 1.165) is 12.3 Å². The molecule has 0 fully saturated rings. The fourth-order valence-corrected chi connectivity index (χ4v) is 0.952. The van der Waals surface area contributed by atoms with Crippen LogP contribution in [0.4, 0.5) is 13.2 Å². The summed E-state index contributed by atoms with van der Waals surface area (Å²) >= 11 is 0. The normalized spacial score (nSPS) is 11.2. The summed E-state index contributed by atoms with van der Waals surface area (Å²) in [5.74, 6) is -1.77. The van der Waals surface area contributed by atoms with Crippen molar-refractivity contribution in [2.24, 2.45) is 0 Å². The molecule has 6 heteroatoms. The third-order valence-electron chi connectivity index (χ3n) is 1.54. The summed E-state index contributed by atoms with van der Waals surface area (Å²) < 4.78 is 41.0. The first-order valence-electron chi connectivity index (χ1n) is 4.14. The number of halogens is 3. The fraction of sp³-hybridized carbons (Fsp3) is 0.333. The average molecular weight is 219 g/mol. The number of alkyl halides is 3. The number of ether oxygens (including phenoxy) is 1. The lowest BCUT2D eigenvalue weighted by molar-refractivity contribution is -0.0885. The second-order valence-corrected chi connectivity index (χ2v) is 2.67. The van der Waals surface area contributed by atoms with E-state index in [9.17, 15) is 18.0 Å². The van der Waals surface area contributed by atoms with Crippen molar-refractivity contribution in [2.75, 3.05) is 6.61 Å². The van der Waals surface area contributed by atoms with Crippen LogP contribution in [0.3, 0.4) is 0 Å². The quantitative estimate of drug-likeness (QED) is 0.731. The van der Waals surface area contributed by atoms with Crippen molar-refractivity contribution in [2.45, 2.75) is 13.1 Å². The van der Waals surface area contributed by atoms with Crippen LogP contribution in [0.5, 0.6) is 5.75 Å². The molecule has 0 spiro atoms. The van der Waals surface area contributed by atoms with Crippen molar-refractivity contribution < 1.29 is 22.7 Å². The van der Waals surface area contributed by atoms with Crippen LogP contribution in [0.15, 0.2) is 18.5 Å². The average Bonchev–Trinajstić information content (AvgIpc) is 2.16. The van der Waals surface area contributed by atoms with E-state index in [0.29, 0.717) is 6.61 Å². The van der Waals surface area contributed by atoms with Gasteiger partial charge in [-0.2, -0.15) is 13.2 Å². The first-order chi connectivity index (χ1) is 6.95. The Kier molecular flexibility index (Phi) is 3.28. The number of pyridine rings is 1. The van der Waals surface area contributed by atoms with Gasteiger partial charge in [0.2, 0.25) is 0 Å². The van der Waals surface area contributed by atoms with Gasteiger partial charge >= 0.3 is 6.18 Å². The zero-order chi connectivity index (χ0) is 11.5. The Balaban J connectivity index is 2.95. The van der Waals surface area contributed by atoms with E-state index < -0.39 is 17.5 Å². The van der Waals surface area contributed by atoms with Crippen molar-refractivity contribution in [3.05, 3.63) is 24.0 Å². The Morgan fingerprint density at radius 3 is 2.67 bits per heavy atom. The first kappa shape index (κ1) is 11.5. The van der Waals surface area contributed by atoms with Gasteiger partial charge in [-0.3, -0.25) is 9.78 Å². The topological polar surface area (TPSA) is 39.2 Å². The maximum Gasteiger partial charge on any atom is 0.454 e. The SMILES string of the molecule is CCOc1cncc(C(=O)C(F)(F)F)c1. The molecule has 3 nitrogen and oxygen atoms in total. The van der Waals surface area contributed by atoms with E-state index in [1.807, 2.05) is 0 Å². The summed E-state index contributed by atoms with van der Waals surface area (Å²) in [6.45, 7) is 1.98. The lowest BCUT2D eigenvalue weighted by Crippen LogP contribution is -2.22. The Bertz CT molecular complexity index is 363. The molecular formula is C9H8F3NO2. The second kappa shape index (κ2) is 4.29. The minimum Gasteiger partial charge on any atom is -0.492 e. The molecule has 0 unspecified atom stereocenters. The van der Waals surface area contributed by atoms with E-state index in [2.05, 4.69) is 4.98 Å². The number of carbonyl (C=O) groups excluding carboxylic acids is 1. The third kappa shape index (κ3) is 2.93. The van der Waals surface area contributed by atoms with Gasteiger partial charge in [-0.1, -0.05) is 0 Å². The number of nitrogens with zero attached hydrogens (tertiary/aromatic N) is 1. The molecule has 0 N–H and O–H groups in total. The van der Waals surface area contributed by atoms with Crippen LogP contribution in [-0.4, -0.2) is 23.6 Å². The largest absolute Gasteiger partial charge is 0.492 e. The smallest absolute Gasteiger partial charge is 0.454 e. The lowest BCUT2D eigenvalue weighted by Gasteiger charge is -2.06. The predicted molar refractivity (Wildman–Crippen MR) is 45.8 cm³/mol. The molecule has 15 heavy (non-hydrogen) atoms. The Labute approximate surface area is 83.9 Å². The Hall–Kier alpha value is -1.59. The number of carbonyl (C=O) groups is 1. The van der Waals surface area contributed by atoms with Crippen LogP contribution in [0.1, 0.15) is 17.3 Å². The van der Waals surface area contributed by atoms with E-state index in [1.165, 1.54) is 6.20 Å². The highest BCUT2D eigenvalue weighted by Gasteiger charge is 2.39. The Morgan fingerprint density at radius 2 is 2.13 bits per heavy atom. The van der Waals surface area contributed by atoms with E-state index >= 15 is 0 Å². The van der Waals surface area contributed by atoms with Crippen LogP contribution in [0, 0.1) is 0 Å². The maximum atomic E-state index is 12.0. The molecule has 0 saturated carbocycles. The molecule has 0 bridgehead atoms. The molecule has 0 aromatic carbocycles. The first-order valence-corrected chi connectivity index (χ1v) is 4.14. The van der Waals surface area contributed by atoms with Crippen molar-refractivity contribution in [3.63, 3.8) is 0 Å². The summed E-state index contributed by atoms with van der Waals surface area (Å²) in [5.41, 5.74) is -0.520. The number of ketones is 1. The van der Waals surface area contributed by atoms with E-state index in [4.69, 9.17) is 4.74 Å². The molecule has 0 saturated heterocycles. The van der Waals surface area contributed by atoms with Gasteiger partial charge < -0.3 is 4.74 Å². The van der Waals surface area contributed by atoms with Crippen molar-refractivity contribution in [1.82, 2.24) is 4.98 Å². The molecular weight excluding hydrogens is 211 g/mol. The van der Waals surface area contributed by atoms with Crippen LogP contribution >= 0.6 is 0 Å². The highest BCUT2D eigenvalue weighted by atomic mass is 19.4. The summed E-state index contributed by atoms with van der Waals surface area (Å²) in [6.07, 6.45) is -2.78. The number of hydrogen-bond acceptors (Lipinski definition) is 3. The van der Waals surface area contributed by atoms with Gasteiger partial charge in [-0.25, -0.2) is 0 Å².